The number of amides is 1. The molecular weight excluding hydrogens is 330 g/mol. The molecule has 1 aromatic carbocycles. The lowest BCUT2D eigenvalue weighted by atomic mass is 10.3. The molecule has 2 N–H and O–H groups in total. The summed E-state index contributed by atoms with van der Waals surface area (Å²) in [7, 11) is -2.12. The number of rotatable bonds is 7. The van der Waals surface area contributed by atoms with Gasteiger partial charge in [0.05, 0.1) is 4.90 Å². The summed E-state index contributed by atoms with van der Waals surface area (Å²) in [5, 5.41) is 2.48. The second-order valence-electron chi connectivity index (χ2n) is 5.03. The molecule has 1 aromatic heterocycles. The number of hydrogen-bond donors (Lipinski definition) is 2. The first-order valence-corrected chi connectivity index (χ1v) is 8.77. The van der Waals surface area contributed by atoms with Crippen molar-refractivity contribution in [3.05, 3.63) is 54.4 Å². The highest BCUT2D eigenvalue weighted by atomic mass is 32.2. The minimum absolute atomic E-state index is 0.117. The number of aromatic nitrogens is 1. The molecule has 0 aliphatic carbocycles. The van der Waals surface area contributed by atoms with E-state index in [1.807, 2.05) is 0 Å². The fourth-order valence-electron chi connectivity index (χ4n) is 1.92. The summed E-state index contributed by atoms with van der Waals surface area (Å²) in [4.78, 5) is 15.5. The minimum Gasteiger partial charge on any atom is -0.481 e. The summed E-state index contributed by atoms with van der Waals surface area (Å²) in [6, 6.07) is 9.40. The molecule has 128 valence electrons. The Balaban J connectivity index is 2.02. The summed E-state index contributed by atoms with van der Waals surface area (Å²) >= 11 is 0. The van der Waals surface area contributed by atoms with E-state index in [4.69, 9.17) is 4.74 Å². The molecule has 7 nitrogen and oxygen atoms in total. The Morgan fingerprint density at radius 2 is 1.96 bits per heavy atom. The van der Waals surface area contributed by atoms with E-state index in [1.54, 1.807) is 31.5 Å². The maximum atomic E-state index is 12.3. The predicted molar refractivity (Wildman–Crippen MR) is 88.9 cm³/mol. The number of nitrogens with zero attached hydrogens (tertiary/aromatic N) is 1. The van der Waals surface area contributed by atoms with Crippen LogP contribution in [-0.2, 0) is 21.4 Å². The van der Waals surface area contributed by atoms with E-state index in [0.29, 0.717) is 5.75 Å². The zero-order valence-corrected chi connectivity index (χ0v) is 14.2. The van der Waals surface area contributed by atoms with Gasteiger partial charge < -0.3 is 10.1 Å². The van der Waals surface area contributed by atoms with Crippen LogP contribution in [0.3, 0.4) is 0 Å². The molecule has 0 spiro atoms. The first kappa shape index (κ1) is 17.9. The van der Waals surface area contributed by atoms with Gasteiger partial charge in [-0.25, -0.2) is 13.1 Å². The van der Waals surface area contributed by atoms with Gasteiger partial charge in [0.15, 0.2) is 6.10 Å². The molecule has 2 rings (SSSR count). The molecule has 1 amide bonds. The van der Waals surface area contributed by atoms with Crippen molar-refractivity contribution in [1.82, 2.24) is 15.0 Å². The second-order valence-corrected chi connectivity index (χ2v) is 6.80. The van der Waals surface area contributed by atoms with Crippen LogP contribution in [0.25, 0.3) is 0 Å². The minimum atomic E-state index is -3.64. The Kier molecular flexibility index (Phi) is 5.88. The van der Waals surface area contributed by atoms with Crippen molar-refractivity contribution < 1.29 is 17.9 Å². The van der Waals surface area contributed by atoms with E-state index >= 15 is 0 Å². The third kappa shape index (κ3) is 4.77. The van der Waals surface area contributed by atoms with E-state index in [1.165, 1.54) is 31.3 Å². The van der Waals surface area contributed by atoms with Crippen LogP contribution < -0.4 is 14.8 Å². The Morgan fingerprint density at radius 1 is 1.25 bits per heavy atom. The van der Waals surface area contributed by atoms with E-state index in [9.17, 15) is 13.2 Å². The fourth-order valence-corrected chi connectivity index (χ4v) is 2.94. The Hall–Kier alpha value is -2.45. The van der Waals surface area contributed by atoms with E-state index in [2.05, 4.69) is 15.0 Å². The molecule has 8 heteroatoms. The number of hydrogen-bond acceptors (Lipinski definition) is 5. The smallest absolute Gasteiger partial charge is 0.260 e. The number of carbonyl (C=O) groups excluding carboxylic acids is 1. The summed E-state index contributed by atoms with van der Waals surface area (Å²) in [6.07, 6.45) is 2.55. The molecule has 0 unspecified atom stereocenters. The molecule has 0 aliphatic heterocycles. The molecule has 0 radical (unpaired) electrons. The highest BCUT2D eigenvalue weighted by molar-refractivity contribution is 7.89. The third-order valence-electron chi connectivity index (χ3n) is 3.25. The highest BCUT2D eigenvalue weighted by Gasteiger charge is 2.16. The van der Waals surface area contributed by atoms with Crippen LogP contribution in [-0.4, -0.2) is 32.5 Å². The topological polar surface area (TPSA) is 97.4 Å². The third-order valence-corrected chi connectivity index (χ3v) is 4.67. The number of pyridine rings is 1. The highest BCUT2D eigenvalue weighted by Crippen LogP contribution is 2.17. The summed E-state index contributed by atoms with van der Waals surface area (Å²) in [6.45, 7) is 1.76. The fraction of sp³-hybridized carbons (Fsp3) is 0.250. The van der Waals surface area contributed by atoms with Crippen LogP contribution in [0.15, 0.2) is 53.7 Å². The zero-order chi connectivity index (χ0) is 17.6. The lowest BCUT2D eigenvalue weighted by Crippen LogP contribution is -2.33. The monoisotopic (exact) mass is 349 g/mol. The number of carbonyl (C=O) groups is 1. The molecule has 0 aliphatic rings. The van der Waals surface area contributed by atoms with Crippen molar-refractivity contribution >= 4 is 15.9 Å². The first-order valence-electron chi connectivity index (χ1n) is 7.29. The molecule has 0 saturated heterocycles. The van der Waals surface area contributed by atoms with Crippen LogP contribution in [0, 0.1) is 0 Å². The van der Waals surface area contributed by atoms with Gasteiger partial charge in [-0.3, -0.25) is 9.78 Å². The van der Waals surface area contributed by atoms with Crippen LogP contribution >= 0.6 is 0 Å². The van der Waals surface area contributed by atoms with Crippen molar-refractivity contribution in [2.45, 2.75) is 24.5 Å². The van der Waals surface area contributed by atoms with Crippen LogP contribution in [0.1, 0.15) is 12.5 Å². The van der Waals surface area contributed by atoms with Gasteiger partial charge in [-0.15, -0.1) is 0 Å². The molecule has 0 fully saturated rings. The molecule has 24 heavy (non-hydrogen) atoms. The van der Waals surface area contributed by atoms with Gasteiger partial charge in [-0.05, 0) is 42.8 Å². The number of benzene rings is 1. The van der Waals surface area contributed by atoms with Gasteiger partial charge in [0.1, 0.15) is 5.75 Å². The summed E-state index contributed by atoms with van der Waals surface area (Å²) in [5.41, 5.74) is 0.764. The average molecular weight is 349 g/mol. The van der Waals surface area contributed by atoms with Crippen molar-refractivity contribution in [3.8, 4) is 5.75 Å². The van der Waals surface area contributed by atoms with Crippen molar-refractivity contribution in [2.24, 2.45) is 0 Å². The normalized spacial score (nSPS) is 12.4. The number of nitrogens with one attached hydrogen (secondary N) is 2. The van der Waals surface area contributed by atoms with Crippen LogP contribution in [0.5, 0.6) is 5.75 Å². The van der Waals surface area contributed by atoms with Gasteiger partial charge in [0.25, 0.3) is 5.91 Å². The second kappa shape index (κ2) is 7.89. The van der Waals surface area contributed by atoms with Crippen molar-refractivity contribution in [1.29, 1.82) is 0 Å². The van der Waals surface area contributed by atoms with Gasteiger partial charge in [0, 0.05) is 26.0 Å². The van der Waals surface area contributed by atoms with Crippen LogP contribution in [0.4, 0.5) is 0 Å². The largest absolute Gasteiger partial charge is 0.481 e. The van der Waals surface area contributed by atoms with E-state index in [0.717, 1.165) is 5.56 Å². The summed E-state index contributed by atoms with van der Waals surface area (Å²) < 4.78 is 32.4. The number of likely N-dealkylation sites (N-methyl/N-ethyl adjacent to an activating group) is 1. The molecule has 0 saturated carbocycles. The van der Waals surface area contributed by atoms with Crippen molar-refractivity contribution in [3.63, 3.8) is 0 Å². The SMILES string of the molecule is CNC(=O)[C@H](C)Oc1ccc(S(=O)(=O)NCc2cccnc2)cc1. The Bertz CT molecular complexity index is 777. The molecule has 2 aromatic rings. The number of ether oxygens (including phenoxy) is 1. The van der Waals surface area contributed by atoms with E-state index in [-0.39, 0.29) is 17.3 Å². The lowest BCUT2D eigenvalue weighted by Gasteiger charge is -2.13. The van der Waals surface area contributed by atoms with Gasteiger partial charge >= 0.3 is 0 Å². The standard InChI is InChI=1S/C16H19N3O4S/c1-12(16(20)17-2)23-14-5-7-15(8-6-14)24(21,22)19-11-13-4-3-9-18-10-13/h3-10,12,19H,11H2,1-2H3,(H,17,20)/t12-/m0/s1. The first-order chi connectivity index (χ1) is 11.4. The van der Waals surface area contributed by atoms with Crippen molar-refractivity contribution in [2.75, 3.05) is 7.05 Å². The lowest BCUT2D eigenvalue weighted by molar-refractivity contribution is -0.126. The zero-order valence-electron chi connectivity index (χ0n) is 13.4. The van der Waals surface area contributed by atoms with Gasteiger partial charge in [-0.2, -0.15) is 0 Å². The van der Waals surface area contributed by atoms with E-state index < -0.39 is 16.1 Å². The van der Waals surface area contributed by atoms with Gasteiger partial charge in [-0.1, -0.05) is 6.07 Å². The molecule has 0 bridgehead atoms. The average Bonchev–Trinajstić information content (AvgIpc) is 2.60. The quantitative estimate of drug-likeness (QED) is 0.779. The Labute approximate surface area is 141 Å². The molecule has 1 heterocycles. The Morgan fingerprint density at radius 3 is 2.54 bits per heavy atom. The maximum absolute atomic E-state index is 12.3. The predicted octanol–water partition coefficient (Wildman–Crippen LogP) is 1.07. The van der Waals surface area contributed by atoms with Crippen LogP contribution in [0.2, 0.25) is 0 Å². The summed E-state index contributed by atoms with van der Waals surface area (Å²) in [5.74, 6) is 0.155. The molecule has 1 atom stereocenters. The number of sulfonamides is 1. The molecular formula is C16H19N3O4S. The van der Waals surface area contributed by atoms with Gasteiger partial charge in [0.2, 0.25) is 10.0 Å². The maximum Gasteiger partial charge on any atom is 0.260 e.